The van der Waals surface area contributed by atoms with E-state index in [4.69, 9.17) is 0 Å². The van der Waals surface area contributed by atoms with Crippen LogP contribution in [0.2, 0.25) is 0 Å². The molecule has 6 atom stereocenters. The highest BCUT2D eigenvalue weighted by Crippen LogP contribution is 2.33. The molecule has 0 radical (unpaired) electrons. The SMILES string of the molecule is CC(C)[C@@H](C(=O)N[C@H]1c2ccccc2C[C@H]1O)[C@@H](O)[C@H](O)[C@H](CC1CCCCC1)NC(=O)c1ccccc1. The fraction of sp³-hybridized carbons (Fsp3) is 0.548. The number of carbonyl (C=O) groups is 2. The molecule has 1 fully saturated rings. The third-order valence-corrected chi connectivity index (χ3v) is 8.32. The van der Waals surface area contributed by atoms with E-state index in [9.17, 15) is 24.9 Å². The average molecular weight is 523 g/mol. The van der Waals surface area contributed by atoms with Crippen LogP contribution in [-0.2, 0) is 11.2 Å². The van der Waals surface area contributed by atoms with Crippen molar-refractivity contribution in [2.75, 3.05) is 0 Å². The number of fused-ring (bicyclic) bond motifs is 1. The smallest absolute Gasteiger partial charge is 0.251 e. The number of nitrogens with one attached hydrogen (secondary N) is 2. The normalized spacial score (nSPS) is 22.8. The second-order valence-corrected chi connectivity index (χ2v) is 11.4. The first kappa shape index (κ1) is 28.3. The lowest BCUT2D eigenvalue weighted by Gasteiger charge is -2.36. The Morgan fingerprint density at radius 2 is 1.58 bits per heavy atom. The Morgan fingerprint density at radius 1 is 0.921 bits per heavy atom. The molecular weight excluding hydrogens is 480 g/mol. The third-order valence-electron chi connectivity index (χ3n) is 8.32. The highest BCUT2D eigenvalue weighted by atomic mass is 16.3. The minimum absolute atomic E-state index is 0.284. The fourth-order valence-electron chi connectivity index (χ4n) is 6.21. The molecular formula is C31H42N2O5. The Hall–Kier alpha value is -2.74. The first-order valence-electron chi connectivity index (χ1n) is 14.0. The zero-order valence-corrected chi connectivity index (χ0v) is 22.4. The number of hydrogen-bond donors (Lipinski definition) is 5. The Kier molecular flexibility index (Phi) is 9.58. The lowest BCUT2D eigenvalue weighted by atomic mass is 9.79. The van der Waals surface area contributed by atoms with Crippen molar-refractivity contribution in [2.45, 2.75) is 89.2 Å². The average Bonchev–Trinajstić information content (AvgIpc) is 3.23. The standard InChI is InChI=1S/C31H42N2O5/c1-19(2)26(31(38)33-27-23-16-10-9-15-22(23)18-25(27)34)29(36)28(35)24(17-20-11-5-3-6-12-20)32-30(37)21-13-7-4-8-14-21/h4,7-10,13-16,19-20,24-29,34-36H,3,5-6,11-12,17-18H2,1-2H3,(H,32,37)(H,33,38)/t24-,25+,26+,27-,28+,29+/m0/s1. The molecule has 0 saturated heterocycles. The topological polar surface area (TPSA) is 119 Å². The number of amides is 2. The number of rotatable bonds is 10. The summed E-state index contributed by atoms with van der Waals surface area (Å²) in [6, 6.07) is 15.2. The van der Waals surface area contributed by atoms with E-state index in [0.29, 0.717) is 24.3 Å². The Bertz CT molecular complexity index is 1070. The zero-order valence-electron chi connectivity index (χ0n) is 22.4. The molecule has 7 heteroatoms. The highest BCUT2D eigenvalue weighted by molar-refractivity contribution is 5.94. The molecule has 4 rings (SSSR count). The summed E-state index contributed by atoms with van der Waals surface area (Å²) in [5, 5.41) is 39.4. The van der Waals surface area contributed by atoms with Gasteiger partial charge in [-0.1, -0.05) is 88.4 Å². The van der Waals surface area contributed by atoms with E-state index in [1.54, 1.807) is 24.3 Å². The lowest BCUT2D eigenvalue weighted by molar-refractivity contribution is -0.137. The second kappa shape index (κ2) is 12.9. The van der Waals surface area contributed by atoms with E-state index in [1.165, 1.54) is 6.42 Å². The lowest BCUT2D eigenvalue weighted by Crippen LogP contribution is -2.55. The molecule has 2 aliphatic carbocycles. The molecule has 2 aromatic carbocycles. The number of carbonyl (C=O) groups excluding carboxylic acids is 2. The highest BCUT2D eigenvalue weighted by Gasteiger charge is 2.41. The van der Waals surface area contributed by atoms with E-state index in [0.717, 1.165) is 36.8 Å². The maximum absolute atomic E-state index is 13.5. The van der Waals surface area contributed by atoms with Crippen molar-refractivity contribution in [2.24, 2.45) is 17.8 Å². The van der Waals surface area contributed by atoms with Gasteiger partial charge in [-0.05, 0) is 41.5 Å². The summed E-state index contributed by atoms with van der Waals surface area (Å²) < 4.78 is 0. The molecule has 7 nitrogen and oxygen atoms in total. The summed E-state index contributed by atoms with van der Waals surface area (Å²) in [7, 11) is 0. The van der Waals surface area contributed by atoms with Gasteiger partial charge in [0.2, 0.25) is 5.91 Å². The number of aliphatic hydroxyl groups excluding tert-OH is 3. The molecule has 0 bridgehead atoms. The van der Waals surface area contributed by atoms with Crippen LogP contribution >= 0.6 is 0 Å². The van der Waals surface area contributed by atoms with Crippen LogP contribution in [0.15, 0.2) is 54.6 Å². The number of benzene rings is 2. The molecule has 5 N–H and O–H groups in total. The van der Waals surface area contributed by atoms with Gasteiger partial charge in [0.1, 0.15) is 6.10 Å². The van der Waals surface area contributed by atoms with Gasteiger partial charge in [-0.15, -0.1) is 0 Å². The quantitative estimate of drug-likeness (QED) is 0.327. The van der Waals surface area contributed by atoms with Gasteiger partial charge >= 0.3 is 0 Å². The first-order chi connectivity index (χ1) is 18.3. The monoisotopic (exact) mass is 522 g/mol. The van der Waals surface area contributed by atoms with Crippen molar-refractivity contribution >= 4 is 11.8 Å². The van der Waals surface area contributed by atoms with Crippen LogP contribution in [0, 0.1) is 17.8 Å². The van der Waals surface area contributed by atoms with Gasteiger partial charge in [0, 0.05) is 12.0 Å². The molecule has 2 aliphatic rings. The first-order valence-corrected chi connectivity index (χ1v) is 14.0. The summed E-state index contributed by atoms with van der Waals surface area (Å²) in [5.41, 5.74) is 2.34. The van der Waals surface area contributed by atoms with Crippen LogP contribution in [0.5, 0.6) is 0 Å². The van der Waals surface area contributed by atoms with Crippen molar-refractivity contribution in [1.82, 2.24) is 10.6 Å². The van der Waals surface area contributed by atoms with Crippen LogP contribution < -0.4 is 10.6 Å². The van der Waals surface area contributed by atoms with E-state index in [2.05, 4.69) is 10.6 Å². The summed E-state index contributed by atoms with van der Waals surface area (Å²) >= 11 is 0. The molecule has 2 aromatic rings. The summed E-state index contributed by atoms with van der Waals surface area (Å²) in [6.45, 7) is 3.66. The molecule has 0 aromatic heterocycles. The van der Waals surface area contributed by atoms with E-state index in [-0.39, 0.29) is 11.8 Å². The van der Waals surface area contributed by atoms with Crippen molar-refractivity contribution in [3.8, 4) is 0 Å². The van der Waals surface area contributed by atoms with E-state index < -0.39 is 42.2 Å². The molecule has 0 spiro atoms. The largest absolute Gasteiger partial charge is 0.390 e. The summed E-state index contributed by atoms with van der Waals surface area (Å²) in [5.74, 6) is -1.60. The van der Waals surface area contributed by atoms with Crippen LogP contribution in [0.4, 0.5) is 0 Å². The van der Waals surface area contributed by atoms with Crippen LogP contribution in [0.25, 0.3) is 0 Å². The Labute approximate surface area is 225 Å². The molecule has 206 valence electrons. The van der Waals surface area contributed by atoms with Gasteiger partial charge in [0.05, 0.1) is 30.2 Å². The Balaban J connectivity index is 1.51. The minimum atomic E-state index is -1.39. The predicted molar refractivity (Wildman–Crippen MR) is 146 cm³/mol. The van der Waals surface area contributed by atoms with Crippen molar-refractivity contribution in [1.29, 1.82) is 0 Å². The van der Waals surface area contributed by atoms with E-state index >= 15 is 0 Å². The van der Waals surface area contributed by atoms with Crippen LogP contribution in [0.3, 0.4) is 0 Å². The van der Waals surface area contributed by atoms with Crippen LogP contribution in [0.1, 0.15) is 79.9 Å². The molecule has 0 heterocycles. The molecule has 0 aliphatic heterocycles. The van der Waals surface area contributed by atoms with Gasteiger partial charge in [-0.3, -0.25) is 9.59 Å². The molecule has 38 heavy (non-hydrogen) atoms. The number of hydrogen-bond acceptors (Lipinski definition) is 5. The Morgan fingerprint density at radius 3 is 2.26 bits per heavy atom. The third kappa shape index (κ3) is 6.63. The molecule has 0 unspecified atom stereocenters. The summed E-state index contributed by atoms with van der Waals surface area (Å²) in [4.78, 5) is 26.6. The van der Waals surface area contributed by atoms with Gasteiger partial charge in [-0.25, -0.2) is 0 Å². The second-order valence-electron chi connectivity index (χ2n) is 11.4. The minimum Gasteiger partial charge on any atom is -0.390 e. The number of aliphatic hydroxyl groups is 3. The molecule has 2 amide bonds. The predicted octanol–water partition coefficient (Wildman–Crippen LogP) is 3.52. The van der Waals surface area contributed by atoms with Gasteiger partial charge < -0.3 is 26.0 Å². The zero-order chi connectivity index (χ0) is 27.2. The van der Waals surface area contributed by atoms with Crippen LogP contribution in [-0.4, -0.2) is 51.5 Å². The van der Waals surface area contributed by atoms with Crippen molar-refractivity contribution in [3.63, 3.8) is 0 Å². The fourth-order valence-corrected chi connectivity index (χ4v) is 6.21. The maximum atomic E-state index is 13.5. The van der Waals surface area contributed by atoms with E-state index in [1.807, 2.05) is 44.2 Å². The maximum Gasteiger partial charge on any atom is 0.251 e. The van der Waals surface area contributed by atoms with Crippen molar-refractivity contribution in [3.05, 3.63) is 71.3 Å². The molecule has 1 saturated carbocycles. The van der Waals surface area contributed by atoms with Gasteiger partial charge in [0.25, 0.3) is 5.91 Å². The summed E-state index contributed by atoms with van der Waals surface area (Å²) in [6.07, 6.45) is 2.98. The van der Waals surface area contributed by atoms with Gasteiger partial charge in [0.15, 0.2) is 0 Å². The van der Waals surface area contributed by atoms with Crippen molar-refractivity contribution < 1.29 is 24.9 Å². The van der Waals surface area contributed by atoms with Gasteiger partial charge in [-0.2, -0.15) is 0 Å².